The van der Waals surface area contributed by atoms with E-state index < -0.39 is 6.61 Å². The van der Waals surface area contributed by atoms with E-state index in [1.807, 2.05) is 31.2 Å². The van der Waals surface area contributed by atoms with Crippen LogP contribution in [0.2, 0.25) is 0 Å². The van der Waals surface area contributed by atoms with Gasteiger partial charge in [0, 0.05) is 12.1 Å². The van der Waals surface area contributed by atoms with Crippen molar-refractivity contribution in [1.82, 2.24) is 20.1 Å². The maximum atomic E-state index is 12.5. The van der Waals surface area contributed by atoms with Gasteiger partial charge in [0.05, 0.1) is 13.7 Å². The molecule has 176 valence electrons. The molecule has 0 bridgehead atoms. The predicted octanol–water partition coefficient (Wildman–Crippen LogP) is 3.98. The minimum atomic E-state index is -2.94. The fraction of sp³-hybridized carbons (Fsp3) is 0.318. The molecule has 0 aliphatic carbocycles. The summed E-state index contributed by atoms with van der Waals surface area (Å²) in [6, 6.07) is 12.0. The third kappa shape index (κ3) is 6.51. The van der Waals surface area contributed by atoms with Crippen LogP contribution >= 0.6 is 12.2 Å². The van der Waals surface area contributed by atoms with E-state index in [2.05, 4.69) is 20.3 Å². The van der Waals surface area contributed by atoms with Crippen molar-refractivity contribution in [3.63, 3.8) is 0 Å². The number of nitrogens with one attached hydrogen (secondary N) is 2. The minimum Gasteiger partial charge on any atom is -0.494 e. The Labute approximate surface area is 194 Å². The molecule has 1 heterocycles. The average Bonchev–Trinajstić information content (AvgIpc) is 3.15. The fourth-order valence-corrected chi connectivity index (χ4v) is 3.35. The van der Waals surface area contributed by atoms with E-state index in [0.29, 0.717) is 30.2 Å². The zero-order valence-electron chi connectivity index (χ0n) is 18.1. The van der Waals surface area contributed by atoms with Crippen LogP contribution < -0.4 is 19.5 Å². The lowest BCUT2D eigenvalue weighted by molar-refractivity contribution is -0.121. The average molecular weight is 479 g/mol. The summed E-state index contributed by atoms with van der Waals surface area (Å²) in [6.45, 7) is -0.140. The number of ether oxygens (including phenoxy) is 3. The van der Waals surface area contributed by atoms with Gasteiger partial charge in [-0.2, -0.15) is 13.9 Å². The minimum absolute atomic E-state index is 0.0115. The highest BCUT2D eigenvalue weighted by molar-refractivity contribution is 7.71. The Morgan fingerprint density at radius 3 is 2.64 bits per heavy atom. The first-order valence-electron chi connectivity index (χ1n) is 10.2. The van der Waals surface area contributed by atoms with E-state index in [1.54, 1.807) is 16.7 Å². The highest BCUT2D eigenvalue weighted by atomic mass is 32.1. The number of alkyl halides is 2. The first kappa shape index (κ1) is 24.2. The normalized spacial score (nSPS) is 10.8. The van der Waals surface area contributed by atoms with Crippen molar-refractivity contribution in [2.24, 2.45) is 0 Å². The number of hydrogen-bond acceptors (Lipinski definition) is 6. The summed E-state index contributed by atoms with van der Waals surface area (Å²) >= 11 is 5.28. The molecule has 0 atom stereocenters. The van der Waals surface area contributed by atoms with Crippen LogP contribution in [-0.2, 0) is 17.8 Å². The van der Waals surface area contributed by atoms with Gasteiger partial charge in [-0.1, -0.05) is 6.07 Å². The summed E-state index contributed by atoms with van der Waals surface area (Å²) in [4.78, 5) is 12.5. The van der Waals surface area contributed by atoms with Crippen molar-refractivity contribution >= 4 is 18.1 Å². The third-order valence-electron chi connectivity index (χ3n) is 4.66. The van der Waals surface area contributed by atoms with Gasteiger partial charge in [0.15, 0.2) is 22.1 Å². The van der Waals surface area contributed by atoms with E-state index in [9.17, 15) is 13.6 Å². The van der Waals surface area contributed by atoms with Gasteiger partial charge in [0.1, 0.15) is 12.3 Å². The zero-order chi connectivity index (χ0) is 23.8. The number of hydrogen-bond donors (Lipinski definition) is 2. The molecule has 0 aliphatic rings. The van der Waals surface area contributed by atoms with Gasteiger partial charge in [0.25, 0.3) is 0 Å². The van der Waals surface area contributed by atoms with Gasteiger partial charge < -0.3 is 19.5 Å². The molecular weight excluding hydrogens is 454 g/mol. The van der Waals surface area contributed by atoms with E-state index in [4.69, 9.17) is 21.7 Å². The Hall–Kier alpha value is -3.47. The van der Waals surface area contributed by atoms with E-state index >= 15 is 0 Å². The number of carbonyl (C=O) groups is 1. The molecule has 0 aliphatic heterocycles. The molecule has 33 heavy (non-hydrogen) atoms. The van der Waals surface area contributed by atoms with Crippen LogP contribution in [0.4, 0.5) is 8.78 Å². The van der Waals surface area contributed by atoms with E-state index in [-0.39, 0.29) is 24.0 Å². The van der Waals surface area contributed by atoms with Gasteiger partial charge in [-0.25, -0.2) is 0 Å². The Bertz CT molecular complexity index is 1130. The summed E-state index contributed by atoms with van der Waals surface area (Å²) < 4.78 is 41.8. The molecule has 0 spiro atoms. The van der Waals surface area contributed by atoms with Crippen molar-refractivity contribution in [1.29, 1.82) is 0 Å². The van der Waals surface area contributed by atoms with Crippen molar-refractivity contribution in [2.45, 2.75) is 26.5 Å². The van der Waals surface area contributed by atoms with Crippen molar-refractivity contribution in [3.05, 3.63) is 52.8 Å². The van der Waals surface area contributed by atoms with Crippen LogP contribution in [0.3, 0.4) is 0 Å². The first-order valence-corrected chi connectivity index (χ1v) is 10.6. The van der Waals surface area contributed by atoms with Crippen LogP contribution in [0.1, 0.15) is 12.5 Å². The van der Waals surface area contributed by atoms with E-state index in [1.165, 1.54) is 13.2 Å². The Kier molecular flexibility index (Phi) is 8.36. The van der Waals surface area contributed by atoms with Gasteiger partial charge in [-0.15, -0.1) is 0 Å². The van der Waals surface area contributed by atoms with Crippen LogP contribution in [0, 0.1) is 4.77 Å². The molecule has 0 unspecified atom stereocenters. The standard InChI is InChI=1S/C22H24F2N4O4S/c1-3-31-16-7-5-15(6-8-16)20-26-27-22(33)28(20)13-19(29)25-11-10-14-4-9-17(32-21(23)24)18(12-14)30-2/h4-9,12,21H,3,10-11,13H2,1-2H3,(H,25,29)(H,27,33). The molecule has 11 heteroatoms. The van der Waals surface area contributed by atoms with Gasteiger partial charge in [0.2, 0.25) is 5.91 Å². The van der Waals surface area contributed by atoms with Crippen LogP contribution in [0.25, 0.3) is 11.4 Å². The lowest BCUT2D eigenvalue weighted by Crippen LogP contribution is -2.29. The van der Waals surface area contributed by atoms with Crippen LogP contribution in [-0.4, -0.2) is 47.5 Å². The van der Waals surface area contributed by atoms with Gasteiger partial charge in [-0.3, -0.25) is 14.5 Å². The van der Waals surface area contributed by atoms with Crippen LogP contribution in [0.15, 0.2) is 42.5 Å². The van der Waals surface area contributed by atoms with Crippen molar-refractivity contribution in [3.8, 4) is 28.6 Å². The molecular formula is C22H24F2N4O4S. The number of nitrogens with zero attached hydrogens (tertiary/aromatic N) is 2. The maximum absolute atomic E-state index is 12.5. The number of amides is 1. The number of aromatic amines is 1. The van der Waals surface area contributed by atoms with E-state index in [0.717, 1.165) is 16.9 Å². The smallest absolute Gasteiger partial charge is 0.387 e. The summed E-state index contributed by atoms with van der Waals surface area (Å²) in [6.07, 6.45) is 0.472. The second-order valence-corrected chi connectivity index (χ2v) is 7.25. The summed E-state index contributed by atoms with van der Waals surface area (Å²) in [7, 11) is 1.37. The Balaban J connectivity index is 1.60. The number of H-pyrrole nitrogens is 1. The number of carbonyl (C=O) groups excluding carboxylic acids is 1. The third-order valence-corrected chi connectivity index (χ3v) is 4.98. The molecule has 1 aromatic heterocycles. The Morgan fingerprint density at radius 2 is 1.97 bits per heavy atom. The summed E-state index contributed by atoms with van der Waals surface area (Å²) in [5, 5.41) is 9.78. The lowest BCUT2D eigenvalue weighted by Gasteiger charge is -2.12. The molecule has 0 fully saturated rings. The molecule has 1 amide bonds. The number of methoxy groups -OCH3 is 1. The quantitative estimate of drug-likeness (QED) is 0.405. The van der Waals surface area contributed by atoms with Crippen molar-refractivity contribution < 1.29 is 27.8 Å². The fourth-order valence-electron chi connectivity index (χ4n) is 3.16. The largest absolute Gasteiger partial charge is 0.494 e. The summed E-state index contributed by atoms with van der Waals surface area (Å²) in [5.74, 6) is 1.19. The highest BCUT2D eigenvalue weighted by Crippen LogP contribution is 2.29. The van der Waals surface area contributed by atoms with Gasteiger partial charge >= 0.3 is 6.61 Å². The second kappa shape index (κ2) is 11.4. The summed E-state index contributed by atoms with van der Waals surface area (Å²) in [5.41, 5.74) is 1.58. The topological polar surface area (TPSA) is 90.4 Å². The number of rotatable bonds is 11. The number of benzene rings is 2. The second-order valence-electron chi connectivity index (χ2n) is 6.86. The SMILES string of the molecule is CCOc1ccc(-c2n[nH]c(=S)n2CC(=O)NCCc2ccc(OC(F)F)c(OC)c2)cc1. The number of halogens is 2. The molecule has 2 aromatic carbocycles. The predicted molar refractivity (Wildman–Crippen MR) is 120 cm³/mol. The molecule has 3 rings (SSSR count). The number of aromatic nitrogens is 3. The van der Waals surface area contributed by atoms with Crippen molar-refractivity contribution in [2.75, 3.05) is 20.3 Å². The maximum Gasteiger partial charge on any atom is 0.387 e. The molecule has 3 aromatic rings. The molecule has 8 nitrogen and oxygen atoms in total. The molecule has 0 saturated heterocycles. The monoisotopic (exact) mass is 478 g/mol. The first-order chi connectivity index (χ1) is 15.9. The lowest BCUT2D eigenvalue weighted by atomic mass is 10.1. The molecule has 0 saturated carbocycles. The molecule has 0 radical (unpaired) electrons. The van der Waals surface area contributed by atoms with Crippen LogP contribution in [0.5, 0.6) is 17.2 Å². The Morgan fingerprint density at radius 1 is 1.21 bits per heavy atom. The van der Waals surface area contributed by atoms with Gasteiger partial charge in [-0.05, 0) is 67.5 Å². The zero-order valence-corrected chi connectivity index (χ0v) is 19.0. The molecule has 2 N–H and O–H groups in total. The highest BCUT2D eigenvalue weighted by Gasteiger charge is 2.14.